The highest BCUT2D eigenvalue weighted by molar-refractivity contribution is 7.98. The summed E-state index contributed by atoms with van der Waals surface area (Å²) < 4.78 is 38.9. The Kier molecular flexibility index (Phi) is 14.5. The molecule has 9 nitrogen and oxygen atoms in total. The Morgan fingerprint density at radius 1 is 0.923 bits per heavy atom. The van der Waals surface area contributed by atoms with Crippen molar-refractivity contribution in [2.75, 3.05) is 19.5 Å². The second-order valence-corrected chi connectivity index (χ2v) is 16.1. The van der Waals surface area contributed by atoms with E-state index in [0.29, 0.717) is 47.3 Å². The lowest BCUT2D eigenvalue weighted by atomic mass is 9.95. The van der Waals surface area contributed by atoms with Crippen molar-refractivity contribution in [2.45, 2.75) is 67.8 Å². The van der Waals surface area contributed by atoms with Gasteiger partial charge in [-0.2, -0.15) is 5.26 Å². The molecule has 276 valence electrons. The van der Waals surface area contributed by atoms with Crippen LogP contribution in [0.3, 0.4) is 0 Å². The van der Waals surface area contributed by atoms with Crippen molar-refractivity contribution in [1.82, 2.24) is 5.09 Å². The number of aryl methyl sites for hydroxylation is 1. The van der Waals surface area contributed by atoms with E-state index in [1.54, 1.807) is 67.2 Å². The maximum absolute atomic E-state index is 13.3. The number of nitriles is 1. The summed E-state index contributed by atoms with van der Waals surface area (Å²) >= 11 is 14.5. The fraction of sp³-hybridized carbons (Fsp3) is 0.333. The van der Waals surface area contributed by atoms with Crippen LogP contribution in [-0.2, 0) is 24.0 Å². The second-order valence-electron chi connectivity index (χ2n) is 12.1. The summed E-state index contributed by atoms with van der Waals surface area (Å²) in [5.74, 6) is 1.75. The average Bonchev–Trinajstić information content (AvgIpc) is 3.71. The summed E-state index contributed by atoms with van der Waals surface area (Å²) in [6.45, 7) is 10.3. The van der Waals surface area contributed by atoms with E-state index in [4.69, 9.17) is 46.5 Å². The van der Waals surface area contributed by atoms with Crippen LogP contribution in [0.1, 0.15) is 56.9 Å². The molecule has 0 radical (unpaired) electrons. The Balaban J connectivity index is 0.000000272. The van der Waals surface area contributed by atoms with Gasteiger partial charge in [-0.1, -0.05) is 65.7 Å². The minimum atomic E-state index is -3.30. The number of halogens is 2. The van der Waals surface area contributed by atoms with E-state index in [1.807, 2.05) is 88.6 Å². The van der Waals surface area contributed by atoms with Gasteiger partial charge in [0.05, 0.1) is 13.2 Å². The number of hydrogen-bond donors (Lipinski definition) is 1. The van der Waals surface area contributed by atoms with Crippen molar-refractivity contribution in [3.05, 3.63) is 114 Å². The van der Waals surface area contributed by atoms with Gasteiger partial charge in [-0.25, -0.2) is 9.65 Å². The number of alkyl halides is 2. The van der Waals surface area contributed by atoms with Crippen molar-refractivity contribution >= 4 is 48.7 Å². The van der Waals surface area contributed by atoms with Gasteiger partial charge in [0.25, 0.3) is 0 Å². The minimum absolute atomic E-state index is 0.0175. The molecule has 0 aromatic heterocycles. The van der Waals surface area contributed by atoms with Crippen LogP contribution in [0.25, 0.3) is 0 Å². The molecule has 0 saturated heterocycles. The van der Waals surface area contributed by atoms with E-state index >= 15 is 0 Å². The Morgan fingerprint density at radius 2 is 1.58 bits per heavy atom. The lowest BCUT2D eigenvalue weighted by Gasteiger charge is -2.21. The number of thioether (sulfide) groups is 1. The summed E-state index contributed by atoms with van der Waals surface area (Å²) in [5.41, 5.74) is 0.932. The SMILES string of the molecule is CCOP(=O)(NC(C)C)Oc1ccc(SC)c(C)c1.CCOc1ccc(C2(C(=O)OC(C#N)c3cccc(Oc4ccccc4)c3)CC2(Cl)Cl)cc1. The van der Waals surface area contributed by atoms with Gasteiger partial charge in [0.1, 0.15) is 38.8 Å². The van der Waals surface area contributed by atoms with E-state index in [1.165, 1.54) is 4.90 Å². The van der Waals surface area contributed by atoms with Gasteiger partial charge in [-0.3, -0.25) is 9.32 Å². The second kappa shape index (κ2) is 18.4. The lowest BCUT2D eigenvalue weighted by molar-refractivity contribution is -0.150. The summed E-state index contributed by atoms with van der Waals surface area (Å²) in [4.78, 5) is 14.4. The summed E-state index contributed by atoms with van der Waals surface area (Å²) in [5, 5.41) is 12.6. The fourth-order valence-electron chi connectivity index (χ4n) is 5.31. The number of para-hydroxylation sites is 1. The van der Waals surface area contributed by atoms with E-state index < -0.39 is 29.6 Å². The molecule has 0 spiro atoms. The zero-order valence-corrected chi connectivity index (χ0v) is 33.2. The lowest BCUT2D eigenvalue weighted by Crippen LogP contribution is -2.30. The van der Waals surface area contributed by atoms with E-state index in [0.717, 1.165) is 5.56 Å². The first-order chi connectivity index (χ1) is 24.8. The summed E-state index contributed by atoms with van der Waals surface area (Å²) in [6, 6.07) is 30.8. The Bertz CT molecular complexity index is 1890. The maximum atomic E-state index is 13.3. The zero-order valence-electron chi connectivity index (χ0n) is 29.9. The predicted molar refractivity (Wildman–Crippen MR) is 207 cm³/mol. The van der Waals surface area contributed by atoms with Gasteiger partial charge in [-0.15, -0.1) is 11.8 Å². The number of nitrogens with zero attached hydrogens (tertiary/aromatic N) is 1. The highest BCUT2D eigenvalue weighted by Crippen LogP contribution is 2.65. The van der Waals surface area contributed by atoms with Crippen molar-refractivity contribution in [1.29, 1.82) is 5.26 Å². The van der Waals surface area contributed by atoms with Crippen molar-refractivity contribution in [3.8, 4) is 29.1 Å². The van der Waals surface area contributed by atoms with Crippen LogP contribution < -0.4 is 19.1 Å². The number of rotatable bonds is 15. The number of esters is 1. The standard InChI is InChI=1S/C26H21Cl2NO4.C13H22NO3PS/c1-2-31-20-13-11-19(12-14-20)25(17-26(25,27)28)24(30)33-23(16-29)18-7-6-10-22(15-18)32-21-8-4-3-5-9-21;1-6-16-18(15,14-10(2)3)17-12-7-8-13(19-5)11(4)9-12/h3-15,23H,2,17H2,1H3;7-10H,6H2,1-5H3,(H,14,15). The first-order valence-corrected chi connectivity index (χ1v) is 20.2. The Labute approximate surface area is 320 Å². The van der Waals surface area contributed by atoms with Crippen LogP contribution in [-0.4, -0.2) is 35.8 Å². The summed E-state index contributed by atoms with van der Waals surface area (Å²) in [6.07, 6.45) is 1.06. The molecule has 1 aliphatic carbocycles. The Morgan fingerprint density at radius 3 is 2.13 bits per heavy atom. The third-order valence-electron chi connectivity index (χ3n) is 7.78. The van der Waals surface area contributed by atoms with Crippen LogP contribution in [0.4, 0.5) is 0 Å². The van der Waals surface area contributed by atoms with Gasteiger partial charge < -0.3 is 18.7 Å². The van der Waals surface area contributed by atoms with E-state index in [9.17, 15) is 14.6 Å². The van der Waals surface area contributed by atoms with Crippen molar-refractivity contribution in [3.63, 3.8) is 0 Å². The molecular formula is C39H43Cl2N2O7PS. The molecule has 5 rings (SSSR count). The molecule has 3 unspecified atom stereocenters. The van der Waals surface area contributed by atoms with Crippen molar-refractivity contribution < 1.29 is 32.6 Å². The largest absolute Gasteiger partial charge is 0.494 e. The molecule has 4 aromatic rings. The van der Waals surface area contributed by atoms with Crippen LogP contribution in [0.15, 0.2) is 102 Å². The van der Waals surface area contributed by atoms with Gasteiger partial charge in [0.2, 0.25) is 6.10 Å². The normalized spacial score (nSPS) is 17.4. The highest BCUT2D eigenvalue weighted by atomic mass is 35.5. The number of benzene rings is 4. The van der Waals surface area contributed by atoms with Crippen LogP contribution in [0, 0.1) is 18.3 Å². The molecule has 0 bridgehead atoms. The molecule has 52 heavy (non-hydrogen) atoms. The molecule has 0 aliphatic heterocycles. The van der Waals surface area contributed by atoms with E-state index in [-0.39, 0.29) is 12.5 Å². The third-order valence-corrected chi connectivity index (χ3v) is 11.5. The van der Waals surface area contributed by atoms with Crippen LogP contribution in [0.5, 0.6) is 23.0 Å². The fourth-order valence-corrected chi connectivity index (χ4v) is 8.21. The number of ether oxygens (including phenoxy) is 3. The zero-order chi connectivity index (χ0) is 37.9. The predicted octanol–water partition coefficient (Wildman–Crippen LogP) is 10.7. The smallest absolute Gasteiger partial charge is 0.458 e. The molecule has 0 heterocycles. The molecule has 1 fully saturated rings. The first kappa shape index (κ1) is 41.1. The number of hydrogen-bond acceptors (Lipinski definition) is 9. The maximum Gasteiger partial charge on any atom is 0.458 e. The molecule has 1 aliphatic rings. The molecule has 13 heteroatoms. The van der Waals surface area contributed by atoms with Gasteiger partial charge in [0, 0.05) is 22.9 Å². The number of carbonyl (C=O) groups excluding carboxylic acids is 1. The number of carbonyl (C=O) groups is 1. The first-order valence-electron chi connectivity index (χ1n) is 16.7. The van der Waals surface area contributed by atoms with Crippen LogP contribution in [0.2, 0.25) is 0 Å². The molecular weight excluding hydrogens is 742 g/mol. The number of nitrogens with one attached hydrogen (secondary N) is 1. The van der Waals surface area contributed by atoms with Gasteiger partial charge >= 0.3 is 13.7 Å². The Hall–Kier alpha value is -3.68. The summed E-state index contributed by atoms with van der Waals surface area (Å²) in [7, 11) is -3.30. The topological polar surface area (TPSA) is 116 Å². The minimum Gasteiger partial charge on any atom is -0.494 e. The van der Waals surface area contributed by atoms with Crippen LogP contribution >= 0.6 is 42.7 Å². The quantitative estimate of drug-likeness (QED) is 0.0540. The van der Waals surface area contributed by atoms with Gasteiger partial charge in [0.15, 0.2) is 0 Å². The van der Waals surface area contributed by atoms with Gasteiger partial charge in [-0.05, 0) is 107 Å². The average molecular weight is 786 g/mol. The molecule has 1 N–H and O–H groups in total. The molecule has 3 atom stereocenters. The molecule has 4 aromatic carbocycles. The monoisotopic (exact) mass is 784 g/mol. The third kappa shape index (κ3) is 10.5. The molecule has 0 amide bonds. The van der Waals surface area contributed by atoms with Crippen molar-refractivity contribution in [2.24, 2.45) is 0 Å². The molecule has 1 saturated carbocycles. The highest BCUT2D eigenvalue weighted by Gasteiger charge is 2.73. The van der Waals surface area contributed by atoms with E-state index in [2.05, 4.69) is 5.09 Å².